The minimum atomic E-state index is -0.629. The number of halogens is 2. The van der Waals surface area contributed by atoms with Gasteiger partial charge in [-0.3, -0.25) is 19.0 Å². The molecule has 0 spiro atoms. The summed E-state index contributed by atoms with van der Waals surface area (Å²) in [6, 6.07) is 16.1. The van der Waals surface area contributed by atoms with Crippen molar-refractivity contribution in [2.24, 2.45) is 0 Å². The lowest BCUT2D eigenvalue weighted by atomic mass is 10.1. The molecule has 12 heteroatoms. The number of benzene rings is 2. The highest BCUT2D eigenvalue weighted by molar-refractivity contribution is 6.30. The molecule has 10 nitrogen and oxygen atoms in total. The predicted octanol–water partition coefficient (Wildman–Crippen LogP) is 4.63. The van der Waals surface area contributed by atoms with Gasteiger partial charge in [0, 0.05) is 17.6 Å². The number of rotatable bonds is 15. The molecule has 2 aromatic carbocycles. The van der Waals surface area contributed by atoms with Gasteiger partial charge in [0.15, 0.2) is 5.82 Å². The average Bonchev–Trinajstić information content (AvgIpc) is 2.96. The molecule has 1 unspecified atom stereocenters. The Hall–Kier alpha value is -4.12. The van der Waals surface area contributed by atoms with Crippen LogP contribution in [0.25, 0.3) is 0 Å². The first-order valence-electron chi connectivity index (χ1n) is 12.7. The van der Waals surface area contributed by atoms with Crippen molar-refractivity contribution in [3.8, 4) is 0 Å². The highest BCUT2D eigenvalue weighted by Crippen LogP contribution is 2.15. The largest absolute Gasteiger partial charge is 0.445 e. The molecule has 3 aromatic rings. The molecule has 2 N–H and O–H groups in total. The summed E-state index contributed by atoms with van der Waals surface area (Å²) in [6.07, 6.45) is 4.06. The summed E-state index contributed by atoms with van der Waals surface area (Å²) in [4.78, 5) is 48.4. The van der Waals surface area contributed by atoms with Crippen LogP contribution < -0.4 is 16.2 Å². The first-order valence-corrected chi connectivity index (χ1v) is 13.4. The van der Waals surface area contributed by atoms with Gasteiger partial charge in [-0.15, -0.1) is 6.58 Å². The minimum Gasteiger partial charge on any atom is -0.445 e. The number of aromatic nitrogens is 2. The van der Waals surface area contributed by atoms with E-state index in [4.69, 9.17) is 32.8 Å². The van der Waals surface area contributed by atoms with E-state index in [-0.39, 0.29) is 37.3 Å². The van der Waals surface area contributed by atoms with Crippen molar-refractivity contribution in [1.29, 1.82) is 0 Å². The Kier molecular flexibility index (Phi) is 12.4. The standard InChI is InChI=1S/C29H31Cl2N5O5/c1-3-13-40-29(39)33-17-24(16-21-9-6-5-7-10-21)34-27-28(38)35(25(31)18-32-27)20-26(37)36(41-14-4-2)19-22-11-8-12-23(30)15-22/h3-12,15,18,24H,1-2,13-14,16-17,19-20H2,(H,32,34)(H,33,39). The Labute approximate surface area is 248 Å². The molecule has 0 fully saturated rings. The molecule has 0 saturated heterocycles. The van der Waals surface area contributed by atoms with Gasteiger partial charge in [-0.1, -0.05) is 84.4 Å². The maximum atomic E-state index is 13.4. The number of hydroxylamine groups is 2. The Bertz CT molecular complexity index is 1400. The van der Waals surface area contributed by atoms with Crippen LogP contribution in [-0.2, 0) is 33.9 Å². The molecule has 0 radical (unpaired) electrons. The summed E-state index contributed by atoms with van der Waals surface area (Å²) in [5, 5.41) is 7.35. The molecular formula is C29H31Cl2N5O5. The molecule has 0 aliphatic heterocycles. The number of hydrogen-bond acceptors (Lipinski definition) is 7. The second-order valence-corrected chi connectivity index (χ2v) is 9.59. The van der Waals surface area contributed by atoms with Crippen LogP contribution in [0.1, 0.15) is 11.1 Å². The van der Waals surface area contributed by atoms with Crippen LogP contribution in [0.4, 0.5) is 10.6 Å². The van der Waals surface area contributed by atoms with Crippen molar-refractivity contribution in [3.63, 3.8) is 0 Å². The first kappa shape index (κ1) is 31.4. The summed E-state index contributed by atoms with van der Waals surface area (Å²) >= 11 is 12.4. The second-order valence-electron chi connectivity index (χ2n) is 8.76. The van der Waals surface area contributed by atoms with E-state index in [1.807, 2.05) is 30.3 Å². The van der Waals surface area contributed by atoms with Crippen LogP contribution in [0, 0.1) is 0 Å². The predicted molar refractivity (Wildman–Crippen MR) is 159 cm³/mol. The number of carbonyl (C=O) groups is 2. The highest BCUT2D eigenvalue weighted by Gasteiger charge is 2.21. The zero-order valence-corrected chi connectivity index (χ0v) is 23.8. The Morgan fingerprint density at radius 3 is 2.49 bits per heavy atom. The van der Waals surface area contributed by atoms with E-state index in [1.54, 1.807) is 24.3 Å². The van der Waals surface area contributed by atoms with Gasteiger partial charge in [0.05, 0.1) is 19.3 Å². The quantitative estimate of drug-likeness (QED) is 0.193. The van der Waals surface area contributed by atoms with Crippen LogP contribution in [0.3, 0.4) is 0 Å². The lowest BCUT2D eigenvalue weighted by Gasteiger charge is -2.23. The molecule has 1 heterocycles. The van der Waals surface area contributed by atoms with E-state index >= 15 is 0 Å². The van der Waals surface area contributed by atoms with Gasteiger partial charge in [0.1, 0.15) is 18.3 Å². The molecule has 0 aliphatic carbocycles. The normalized spacial score (nSPS) is 11.3. The van der Waals surface area contributed by atoms with Crippen LogP contribution in [0.15, 0.2) is 90.9 Å². The van der Waals surface area contributed by atoms with Gasteiger partial charge in [-0.2, -0.15) is 0 Å². The summed E-state index contributed by atoms with van der Waals surface area (Å²) in [5.41, 5.74) is 1.07. The lowest BCUT2D eigenvalue weighted by molar-refractivity contribution is -0.186. The third-order valence-electron chi connectivity index (χ3n) is 5.63. The maximum Gasteiger partial charge on any atom is 0.407 e. The van der Waals surface area contributed by atoms with Gasteiger partial charge < -0.3 is 15.4 Å². The van der Waals surface area contributed by atoms with E-state index in [0.29, 0.717) is 11.4 Å². The molecule has 216 valence electrons. The fraction of sp³-hybridized carbons (Fsp3) is 0.241. The molecule has 0 saturated carbocycles. The fourth-order valence-electron chi connectivity index (χ4n) is 3.74. The summed E-state index contributed by atoms with van der Waals surface area (Å²) in [7, 11) is 0. The number of anilines is 1. The Morgan fingerprint density at radius 2 is 1.78 bits per heavy atom. The van der Waals surface area contributed by atoms with Crippen molar-refractivity contribution in [2.45, 2.75) is 25.6 Å². The maximum absolute atomic E-state index is 13.4. The van der Waals surface area contributed by atoms with E-state index in [9.17, 15) is 14.4 Å². The van der Waals surface area contributed by atoms with Crippen LogP contribution in [-0.4, -0.2) is 52.4 Å². The van der Waals surface area contributed by atoms with Crippen molar-refractivity contribution in [2.75, 3.05) is 25.1 Å². The summed E-state index contributed by atoms with van der Waals surface area (Å²) in [6.45, 7) is 7.06. The molecule has 1 atom stereocenters. The Balaban J connectivity index is 1.80. The smallest absolute Gasteiger partial charge is 0.407 e. The van der Waals surface area contributed by atoms with Crippen molar-refractivity contribution in [1.82, 2.24) is 19.9 Å². The molecule has 0 aliphatic rings. The van der Waals surface area contributed by atoms with Crippen molar-refractivity contribution in [3.05, 3.63) is 118 Å². The number of alkyl carbamates (subject to hydrolysis) is 1. The van der Waals surface area contributed by atoms with E-state index in [2.05, 4.69) is 28.8 Å². The molecule has 3 rings (SSSR count). The molecule has 41 heavy (non-hydrogen) atoms. The van der Waals surface area contributed by atoms with Gasteiger partial charge >= 0.3 is 6.09 Å². The number of ether oxygens (including phenoxy) is 1. The third kappa shape index (κ3) is 10.1. The van der Waals surface area contributed by atoms with Gasteiger partial charge in [0.25, 0.3) is 11.5 Å². The average molecular weight is 601 g/mol. The number of amides is 2. The van der Waals surface area contributed by atoms with Crippen molar-refractivity contribution < 1.29 is 19.2 Å². The topological polar surface area (TPSA) is 115 Å². The van der Waals surface area contributed by atoms with Crippen LogP contribution >= 0.6 is 23.2 Å². The molecule has 2 amide bonds. The summed E-state index contributed by atoms with van der Waals surface area (Å²) in [5.74, 6) is -0.571. The van der Waals surface area contributed by atoms with E-state index in [1.165, 1.54) is 18.3 Å². The summed E-state index contributed by atoms with van der Waals surface area (Å²) < 4.78 is 6.07. The molecule has 1 aromatic heterocycles. The zero-order valence-electron chi connectivity index (χ0n) is 22.3. The second kappa shape index (κ2) is 16.2. The first-order chi connectivity index (χ1) is 19.8. The number of nitrogens with zero attached hydrogens (tertiary/aromatic N) is 3. The van der Waals surface area contributed by atoms with Gasteiger partial charge in [-0.25, -0.2) is 14.8 Å². The van der Waals surface area contributed by atoms with E-state index in [0.717, 1.165) is 20.8 Å². The van der Waals surface area contributed by atoms with E-state index < -0.39 is 30.1 Å². The van der Waals surface area contributed by atoms with Crippen molar-refractivity contribution >= 4 is 41.0 Å². The SMILES string of the molecule is C=CCOC(=O)NCC(Cc1ccccc1)Nc1ncc(Cl)n(CC(=O)N(Cc2cccc(Cl)c2)OCC=C)c1=O. The number of carbonyl (C=O) groups excluding carboxylic acids is 2. The zero-order chi connectivity index (χ0) is 29.6. The highest BCUT2D eigenvalue weighted by atomic mass is 35.5. The van der Waals surface area contributed by atoms with Gasteiger partial charge in [0.2, 0.25) is 0 Å². The molecule has 0 bridgehead atoms. The molecular weight excluding hydrogens is 569 g/mol. The third-order valence-corrected chi connectivity index (χ3v) is 6.17. The minimum absolute atomic E-state index is 0.0361. The number of nitrogens with one attached hydrogen (secondary N) is 2. The van der Waals surface area contributed by atoms with Crippen LogP contribution in [0.5, 0.6) is 0 Å². The van der Waals surface area contributed by atoms with Crippen LogP contribution in [0.2, 0.25) is 10.2 Å². The Morgan fingerprint density at radius 1 is 1.05 bits per heavy atom. The fourth-order valence-corrected chi connectivity index (χ4v) is 4.13. The number of hydrogen-bond donors (Lipinski definition) is 2. The van der Waals surface area contributed by atoms with Gasteiger partial charge in [-0.05, 0) is 29.7 Å². The lowest BCUT2D eigenvalue weighted by Crippen LogP contribution is -2.41. The monoisotopic (exact) mass is 599 g/mol.